The van der Waals surface area contributed by atoms with E-state index in [0.717, 1.165) is 16.8 Å². The SMILES string of the molecule is Cc1cccc(/C=N/Nc2nc(OCCc3ccccn3)nc(N3CCOCC3)c2F)c1. The molecule has 0 atom stereocenters. The molecule has 166 valence electrons. The molecule has 1 N–H and O–H groups in total. The van der Waals surface area contributed by atoms with Crippen LogP contribution in [0, 0.1) is 12.7 Å². The van der Waals surface area contributed by atoms with Gasteiger partial charge >= 0.3 is 6.01 Å². The van der Waals surface area contributed by atoms with Crippen LogP contribution in [0.3, 0.4) is 0 Å². The highest BCUT2D eigenvalue weighted by Gasteiger charge is 2.22. The van der Waals surface area contributed by atoms with Gasteiger partial charge in [-0.15, -0.1) is 0 Å². The fourth-order valence-corrected chi connectivity index (χ4v) is 3.25. The number of aromatic nitrogens is 3. The Morgan fingerprint density at radius 2 is 2.06 bits per heavy atom. The van der Waals surface area contributed by atoms with E-state index in [1.807, 2.05) is 54.3 Å². The molecule has 3 aromatic rings. The average molecular weight is 436 g/mol. The molecule has 0 bridgehead atoms. The fourth-order valence-electron chi connectivity index (χ4n) is 3.25. The minimum Gasteiger partial charge on any atom is -0.463 e. The van der Waals surface area contributed by atoms with E-state index in [-0.39, 0.29) is 17.6 Å². The van der Waals surface area contributed by atoms with Crippen LogP contribution in [-0.2, 0) is 11.2 Å². The number of halogens is 1. The second-order valence-electron chi connectivity index (χ2n) is 7.30. The summed E-state index contributed by atoms with van der Waals surface area (Å²) in [6, 6.07) is 13.6. The highest BCUT2D eigenvalue weighted by atomic mass is 19.1. The number of morpholine rings is 1. The Balaban J connectivity index is 1.52. The van der Waals surface area contributed by atoms with Crippen LogP contribution in [0.5, 0.6) is 6.01 Å². The Morgan fingerprint density at radius 1 is 1.19 bits per heavy atom. The first-order chi connectivity index (χ1) is 15.7. The molecule has 0 aliphatic carbocycles. The maximum Gasteiger partial charge on any atom is 0.320 e. The molecule has 4 rings (SSSR count). The first-order valence-corrected chi connectivity index (χ1v) is 10.5. The molecule has 9 heteroatoms. The highest BCUT2D eigenvalue weighted by Crippen LogP contribution is 2.26. The van der Waals surface area contributed by atoms with Crippen LogP contribution in [0.15, 0.2) is 53.8 Å². The molecule has 1 fully saturated rings. The summed E-state index contributed by atoms with van der Waals surface area (Å²) >= 11 is 0. The molecule has 0 saturated carbocycles. The Morgan fingerprint density at radius 3 is 2.84 bits per heavy atom. The van der Waals surface area contributed by atoms with Crippen molar-refractivity contribution in [3.8, 4) is 6.01 Å². The smallest absolute Gasteiger partial charge is 0.320 e. The van der Waals surface area contributed by atoms with Gasteiger partial charge in [-0.3, -0.25) is 10.4 Å². The van der Waals surface area contributed by atoms with Gasteiger partial charge in [-0.05, 0) is 24.6 Å². The van der Waals surface area contributed by atoms with E-state index in [2.05, 4.69) is 25.5 Å². The van der Waals surface area contributed by atoms with E-state index in [9.17, 15) is 0 Å². The van der Waals surface area contributed by atoms with Crippen molar-refractivity contribution in [2.24, 2.45) is 5.10 Å². The number of hydrogen-bond acceptors (Lipinski definition) is 8. The molecule has 0 radical (unpaired) electrons. The third kappa shape index (κ3) is 5.76. The summed E-state index contributed by atoms with van der Waals surface area (Å²) in [6.45, 7) is 4.40. The van der Waals surface area contributed by atoms with Crippen molar-refractivity contribution in [2.45, 2.75) is 13.3 Å². The molecule has 8 nitrogen and oxygen atoms in total. The summed E-state index contributed by atoms with van der Waals surface area (Å²) in [7, 11) is 0. The van der Waals surface area contributed by atoms with Gasteiger partial charge in [0.15, 0.2) is 11.6 Å². The number of ether oxygens (including phenoxy) is 2. The maximum atomic E-state index is 15.2. The monoisotopic (exact) mass is 436 g/mol. The van der Waals surface area contributed by atoms with Crippen LogP contribution >= 0.6 is 0 Å². The predicted octanol–water partition coefficient (Wildman–Crippen LogP) is 3.22. The number of hydrazone groups is 1. The lowest BCUT2D eigenvalue weighted by molar-refractivity contribution is 0.122. The second-order valence-corrected chi connectivity index (χ2v) is 7.30. The van der Waals surface area contributed by atoms with E-state index in [1.54, 1.807) is 12.4 Å². The number of rotatable bonds is 8. The lowest BCUT2D eigenvalue weighted by Crippen LogP contribution is -2.37. The summed E-state index contributed by atoms with van der Waals surface area (Å²) in [5, 5.41) is 4.15. The van der Waals surface area contributed by atoms with Crippen LogP contribution in [0.2, 0.25) is 0 Å². The molecule has 0 unspecified atom stereocenters. The molecule has 3 heterocycles. The molecule has 2 aromatic heterocycles. The Hall–Kier alpha value is -3.59. The minimum absolute atomic E-state index is 0.0433. The zero-order valence-corrected chi connectivity index (χ0v) is 17.9. The summed E-state index contributed by atoms with van der Waals surface area (Å²) in [5.74, 6) is -0.451. The highest BCUT2D eigenvalue weighted by molar-refractivity contribution is 5.80. The van der Waals surface area contributed by atoms with E-state index in [4.69, 9.17) is 9.47 Å². The van der Waals surface area contributed by atoms with Crippen LogP contribution in [0.1, 0.15) is 16.8 Å². The number of nitrogens with one attached hydrogen (secondary N) is 1. The van der Waals surface area contributed by atoms with Crippen LogP contribution in [0.25, 0.3) is 0 Å². The first kappa shape index (κ1) is 21.6. The molecular formula is C23H25FN6O2. The van der Waals surface area contributed by atoms with Crippen molar-refractivity contribution in [2.75, 3.05) is 43.2 Å². The van der Waals surface area contributed by atoms with Crippen LogP contribution < -0.4 is 15.1 Å². The lowest BCUT2D eigenvalue weighted by Gasteiger charge is -2.28. The number of nitrogens with zero attached hydrogens (tertiary/aromatic N) is 5. The van der Waals surface area contributed by atoms with Gasteiger partial charge in [-0.25, -0.2) is 0 Å². The summed E-state index contributed by atoms with van der Waals surface area (Å²) in [4.78, 5) is 14.6. The van der Waals surface area contributed by atoms with Crippen molar-refractivity contribution >= 4 is 17.9 Å². The van der Waals surface area contributed by atoms with Gasteiger partial charge in [0.1, 0.15) is 0 Å². The van der Waals surface area contributed by atoms with Crippen molar-refractivity contribution in [3.63, 3.8) is 0 Å². The molecule has 32 heavy (non-hydrogen) atoms. The predicted molar refractivity (Wildman–Crippen MR) is 121 cm³/mol. The zero-order valence-electron chi connectivity index (χ0n) is 17.9. The maximum absolute atomic E-state index is 15.2. The average Bonchev–Trinajstić information content (AvgIpc) is 2.82. The molecule has 1 saturated heterocycles. The van der Waals surface area contributed by atoms with Crippen molar-refractivity contribution < 1.29 is 13.9 Å². The molecule has 1 aliphatic heterocycles. The summed E-state index contributed by atoms with van der Waals surface area (Å²) in [5.41, 5.74) is 5.60. The summed E-state index contributed by atoms with van der Waals surface area (Å²) < 4.78 is 26.3. The quantitative estimate of drug-likeness (QED) is 0.429. The van der Waals surface area contributed by atoms with Gasteiger partial charge < -0.3 is 14.4 Å². The van der Waals surface area contributed by atoms with Gasteiger partial charge in [0.25, 0.3) is 0 Å². The number of aryl methyl sites for hydroxylation is 1. The summed E-state index contributed by atoms with van der Waals surface area (Å²) in [6.07, 6.45) is 3.93. The van der Waals surface area contributed by atoms with E-state index >= 15 is 4.39 Å². The van der Waals surface area contributed by atoms with E-state index in [0.29, 0.717) is 39.3 Å². The number of benzene rings is 1. The number of hydrogen-bond donors (Lipinski definition) is 1. The van der Waals surface area contributed by atoms with E-state index in [1.165, 1.54) is 0 Å². The third-order valence-corrected chi connectivity index (χ3v) is 4.87. The lowest BCUT2D eigenvalue weighted by atomic mass is 10.2. The molecule has 0 amide bonds. The fraction of sp³-hybridized carbons (Fsp3) is 0.304. The van der Waals surface area contributed by atoms with Crippen LogP contribution in [0.4, 0.5) is 16.0 Å². The Kier molecular flexibility index (Phi) is 7.19. The standard InChI is InChI=1S/C23H25FN6O2/c1-17-5-4-6-18(15-17)16-26-29-21-20(24)22(30-10-13-31-14-11-30)28-23(27-21)32-12-8-19-7-2-3-9-25-19/h2-7,9,15-16H,8,10-14H2,1H3,(H,27,28,29)/b26-16+. The molecular weight excluding hydrogens is 411 g/mol. The van der Waals surface area contributed by atoms with Gasteiger partial charge in [0, 0.05) is 31.4 Å². The van der Waals surface area contributed by atoms with Gasteiger partial charge in [0.05, 0.1) is 26.0 Å². The Labute approximate surface area is 186 Å². The van der Waals surface area contributed by atoms with Crippen molar-refractivity contribution in [1.29, 1.82) is 0 Å². The van der Waals surface area contributed by atoms with Crippen molar-refractivity contribution in [1.82, 2.24) is 15.0 Å². The third-order valence-electron chi connectivity index (χ3n) is 4.87. The largest absolute Gasteiger partial charge is 0.463 e. The van der Waals surface area contributed by atoms with Crippen molar-refractivity contribution in [3.05, 3.63) is 71.3 Å². The Bertz CT molecular complexity index is 1060. The minimum atomic E-state index is -0.578. The van der Waals surface area contributed by atoms with Crippen LogP contribution in [-0.4, -0.2) is 54.1 Å². The van der Waals surface area contributed by atoms with Gasteiger partial charge in [-0.2, -0.15) is 19.5 Å². The number of anilines is 2. The van der Waals surface area contributed by atoms with E-state index < -0.39 is 5.82 Å². The first-order valence-electron chi connectivity index (χ1n) is 10.5. The molecule has 0 spiro atoms. The molecule has 1 aliphatic rings. The topological polar surface area (TPSA) is 84.8 Å². The normalized spacial score (nSPS) is 14.0. The van der Waals surface area contributed by atoms with Gasteiger partial charge in [0.2, 0.25) is 5.82 Å². The second kappa shape index (κ2) is 10.6. The zero-order chi connectivity index (χ0) is 22.2. The van der Waals surface area contributed by atoms with Gasteiger partial charge in [-0.1, -0.05) is 35.9 Å². The molecule has 1 aromatic carbocycles. The number of pyridine rings is 1.